The van der Waals surface area contributed by atoms with E-state index in [9.17, 15) is 0 Å². The summed E-state index contributed by atoms with van der Waals surface area (Å²) in [6, 6.07) is 17.3. The molecule has 0 fully saturated rings. The molecule has 0 unspecified atom stereocenters. The molecule has 0 saturated heterocycles. The third-order valence-corrected chi connectivity index (χ3v) is 3.09. The van der Waals surface area contributed by atoms with Crippen LogP contribution in [0.15, 0.2) is 48.5 Å². The molecule has 19 heavy (non-hydrogen) atoms. The van der Waals surface area contributed by atoms with Crippen molar-refractivity contribution < 1.29 is 0 Å². The van der Waals surface area contributed by atoms with E-state index < -0.39 is 0 Å². The first-order valence-corrected chi connectivity index (χ1v) is 6.57. The van der Waals surface area contributed by atoms with E-state index in [2.05, 4.69) is 62.4 Å². The van der Waals surface area contributed by atoms with E-state index in [0.29, 0.717) is 12.5 Å². The van der Waals surface area contributed by atoms with Crippen molar-refractivity contribution in [1.82, 2.24) is 0 Å². The lowest BCUT2D eigenvalue weighted by molar-refractivity contribution is 0.647. The molecule has 1 nitrogen and oxygen atoms in total. The zero-order valence-corrected chi connectivity index (χ0v) is 12.4. The van der Waals surface area contributed by atoms with Gasteiger partial charge in [0.25, 0.3) is 0 Å². The first-order chi connectivity index (χ1) is 8.69. The third kappa shape index (κ3) is 4.38. The van der Waals surface area contributed by atoms with Gasteiger partial charge in [-0.2, -0.15) is 0 Å². The van der Waals surface area contributed by atoms with Crippen LogP contribution in [0.25, 0.3) is 11.1 Å². The van der Waals surface area contributed by atoms with Gasteiger partial charge in [0, 0.05) is 6.54 Å². The predicted octanol–water partition coefficient (Wildman–Crippen LogP) is 4.43. The van der Waals surface area contributed by atoms with Crippen molar-refractivity contribution in [2.45, 2.75) is 26.8 Å². The number of hydrogen-bond donors (Lipinski definition) is 1. The Bertz CT molecular complexity index is 503. The van der Waals surface area contributed by atoms with Crippen LogP contribution in [0.2, 0.25) is 0 Å². The lowest BCUT2D eigenvalue weighted by atomic mass is 9.98. The molecule has 0 heterocycles. The summed E-state index contributed by atoms with van der Waals surface area (Å²) in [4.78, 5) is 0. The van der Waals surface area contributed by atoms with Crippen LogP contribution in [-0.4, -0.2) is 0 Å². The van der Waals surface area contributed by atoms with Gasteiger partial charge in [0.05, 0.1) is 0 Å². The molecule has 2 heteroatoms. The average Bonchev–Trinajstić information content (AvgIpc) is 2.39. The predicted molar refractivity (Wildman–Crippen MR) is 85.6 cm³/mol. The highest BCUT2D eigenvalue weighted by molar-refractivity contribution is 5.85. The van der Waals surface area contributed by atoms with E-state index in [1.807, 2.05) is 0 Å². The van der Waals surface area contributed by atoms with Crippen molar-refractivity contribution in [3.63, 3.8) is 0 Å². The Morgan fingerprint density at radius 3 is 2.16 bits per heavy atom. The Balaban J connectivity index is 0.00000180. The molecular formula is C17H22ClN. The molecule has 2 rings (SSSR count). The van der Waals surface area contributed by atoms with Crippen LogP contribution < -0.4 is 5.73 Å². The number of hydrogen-bond acceptors (Lipinski definition) is 1. The fourth-order valence-corrected chi connectivity index (χ4v) is 2.18. The first-order valence-electron chi connectivity index (χ1n) is 6.57. The van der Waals surface area contributed by atoms with Crippen molar-refractivity contribution in [3.8, 4) is 11.1 Å². The number of nitrogens with two attached hydrogens (primary N) is 1. The van der Waals surface area contributed by atoms with Gasteiger partial charge in [-0.1, -0.05) is 56.3 Å². The Hall–Kier alpha value is -1.31. The quantitative estimate of drug-likeness (QED) is 0.877. The van der Waals surface area contributed by atoms with Crippen LogP contribution >= 0.6 is 12.4 Å². The van der Waals surface area contributed by atoms with E-state index >= 15 is 0 Å². The van der Waals surface area contributed by atoms with Crippen molar-refractivity contribution >= 4 is 12.4 Å². The molecule has 0 spiro atoms. The standard InChI is InChI=1S/C17H21N.ClH/c1-13(2)10-14-6-8-16(9-7-14)17-5-3-4-15(11-17)12-18;/h3-9,11,13H,10,12,18H2,1-2H3;1H. The first kappa shape index (κ1) is 15.7. The zero-order valence-electron chi connectivity index (χ0n) is 11.6. The maximum atomic E-state index is 5.68. The van der Waals surface area contributed by atoms with Crippen LogP contribution in [-0.2, 0) is 13.0 Å². The van der Waals surface area contributed by atoms with E-state index in [0.717, 1.165) is 6.42 Å². The highest BCUT2D eigenvalue weighted by atomic mass is 35.5. The monoisotopic (exact) mass is 275 g/mol. The SMILES string of the molecule is CC(C)Cc1ccc(-c2cccc(CN)c2)cc1.Cl. The van der Waals surface area contributed by atoms with E-state index in [4.69, 9.17) is 5.73 Å². The Morgan fingerprint density at radius 1 is 0.895 bits per heavy atom. The summed E-state index contributed by atoms with van der Waals surface area (Å²) in [5.74, 6) is 0.705. The summed E-state index contributed by atoms with van der Waals surface area (Å²) in [7, 11) is 0. The molecule has 0 saturated carbocycles. The number of benzene rings is 2. The second-order valence-corrected chi connectivity index (χ2v) is 5.20. The molecule has 0 atom stereocenters. The largest absolute Gasteiger partial charge is 0.326 e. The molecule has 2 N–H and O–H groups in total. The number of halogens is 1. The Kier molecular flexibility index (Phi) is 6.07. The molecular weight excluding hydrogens is 254 g/mol. The summed E-state index contributed by atoms with van der Waals surface area (Å²) >= 11 is 0. The minimum absolute atomic E-state index is 0. The molecule has 2 aromatic rings. The molecule has 0 aliphatic heterocycles. The maximum Gasteiger partial charge on any atom is 0.0178 e. The van der Waals surface area contributed by atoms with Crippen molar-refractivity contribution in [2.24, 2.45) is 11.7 Å². The van der Waals surface area contributed by atoms with Crippen LogP contribution in [0.1, 0.15) is 25.0 Å². The molecule has 0 amide bonds. The van der Waals surface area contributed by atoms with Gasteiger partial charge in [0.15, 0.2) is 0 Å². The second-order valence-electron chi connectivity index (χ2n) is 5.20. The van der Waals surface area contributed by atoms with Gasteiger partial charge in [-0.05, 0) is 40.7 Å². The highest BCUT2D eigenvalue weighted by Crippen LogP contribution is 2.21. The molecule has 0 aliphatic carbocycles. The molecule has 2 aromatic carbocycles. The zero-order chi connectivity index (χ0) is 13.0. The summed E-state index contributed by atoms with van der Waals surface area (Å²) in [5.41, 5.74) is 10.8. The summed E-state index contributed by atoms with van der Waals surface area (Å²) in [6.45, 7) is 5.09. The second kappa shape index (κ2) is 7.32. The van der Waals surface area contributed by atoms with Gasteiger partial charge in [0.2, 0.25) is 0 Å². The van der Waals surface area contributed by atoms with E-state index in [1.54, 1.807) is 0 Å². The lowest BCUT2D eigenvalue weighted by Crippen LogP contribution is -1.96. The average molecular weight is 276 g/mol. The van der Waals surface area contributed by atoms with Crippen LogP contribution in [0.5, 0.6) is 0 Å². The topological polar surface area (TPSA) is 26.0 Å². The maximum absolute atomic E-state index is 5.68. The Labute approximate surface area is 122 Å². The molecule has 0 bridgehead atoms. The van der Waals surface area contributed by atoms with Crippen LogP contribution in [0, 0.1) is 5.92 Å². The summed E-state index contributed by atoms with van der Waals surface area (Å²) in [5, 5.41) is 0. The van der Waals surface area contributed by atoms with Crippen LogP contribution in [0.3, 0.4) is 0 Å². The molecule has 0 radical (unpaired) electrons. The summed E-state index contributed by atoms with van der Waals surface area (Å²) in [6.07, 6.45) is 1.14. The summed E-state index contributed by atoms with van der Waals surface area (Å²) < 4.78 is 0. The minimum Gasteiger partial charge on any atom is -0.326 e. The van der Waals surface area contributed by atoms with E-state index in [1.165, 1.54) is 22.3 Å². The van der Waals surface area contributed by atoms with Crippen molar-refractivity contribution in [1.29, 1.82) is 0 Å². The van der Waals surface area contributed by atoms with Crippen molar-refractivity contribution in [2.75, 3.05) is 0 Å². The normalized spacial score (nSPS) is 10.3. The smallest absolute Gasteiger partial charge is 0.0178 e. The molecule has 0 aromatic heterocycles. The highest BCUT2D eigenvalue weighted by Gasteiger charge is 2.01. The van der Waals surface area contributed by atoms with Gasteiger partial charge >= 0.3 is 0 Å². The fraction of sp³-hybridized carbons (Fsp3) is 0.294. The van der Waals surface area contributed by atoms with Gasteiger partial charge < -0.3 is 5.73 Å². The van der Waals surface area contributed by atoms with Crippen LogP contribution in [0.4, 0.5) is 0 Å². The third-order valence-electron chi connectivity index (χ3n) is 3.09. The number of rotatable bonds is 4. The minimum atomic E-state index is 0. The fourth-order valence-electron chi connectivity index (χ4n) is 2.18. The van der Waals surface area contributed by atoms with Gasteiger partial charge in [0.1, 0.15) is 0 Å². The van der Waals surface area contributed by atoms with Crippen molar-refractivity contribution in [3.05, 3.63) is 59.7 Å². The van der Waals surface area contributed by atoms with E-state index in [-0.39, 0.29) is 12.4 Å². The molecule has 102 valence electrons. The van der Waals surface area contributed by atoms with Gasteiger partial charge in [-0.15, -0.1) is 12.4 Å². The molecule has 0 aliphatic rings. The van der Waals surface area contributed by atoms with Gasteiger partial charge in [-0.3, -0.25) is 0 Å². The van der Waals surface area contributed by atoms with Gasteiger partial charge in [-0.25, -0.2) is 0 Å². The Morgan fingerprint density at radius 2 is 1.58 bits per heavy atom. The lowest BCUT2D eigenvalue weighted by Gasteiger charge is -2.07.